The van der Waals surface area contributed by atoms with Gasteiger partial charge in [0.1, 0.15) is 17.5 Å². The van der Waals surface area contributed by atoms with E-state index >= 15 is 0 Å². The van der Waals surface area contributed by atoms with Gasteiger partial charge in [0, 0.05) is 28.3 Å². The van der Waals surface area contributed by atoms with E-state index in [0.717, 1.165) is 66.7 Å². The second-order valence-corrected chi connectivity index (χ2v) is 17.7. The molecule has 0 aliphatic heterocycles. The molecule has 4 aromatic heterocycles. The average molecular weight is 803 g/mol. The Morgan fingerprint density at radius 2 is 1.33 bits per heavy atom. The highest BCUT2D eigenvalue weighted by atomic mass is 16.3. The third kappa shape index (κ3) is 7.26. The standard InChI is InChI=1S/C53H50N6O2/c1-30(2)41-16-13-17-42(31(3)4)48(41)59-46-29-39(51-56-32(5)55-33(6)57-51)27-44(47(46)58-52(59)43-19-18-35-21-23-61-50(35)49(43)60)37-24-38(26-40(25-37)53(7,8)9)45-28-36(20-22-54-45)34-14-11-10-12-15-34/h10-31,60H,1-9H3. The van der Waals surface area contributed by atoms with Crippen LogP contribution >= 0.6 is 0 Å². The van der Waals surface area contributed by atoms with Crippen molar-refractivity contribution < 1.29 is 9.52 Å². The van der Waals surface area contributed by atoms with Gasteiger partial charge >= 0.3 is 0 Å². The summed E-state index contributed by atoms with van der Waals surface area (Å²) in [5.41, 5.74) is 13.8. The van der Waals surface area contributed by atoms with Crippen LogP contribution in [0.1, 0.15) is 88.6 Å². The van der Waals surface area contributed by atoms with Crippen molar-refractivity contribution in [2.45, 2.75) is 79.6 Å². The molecule has 304 valence electrons. The van der Waals surface area contributed by atoms with Gasteiger partial charge in [0.25, 0.3) is 0 Å². The number of fused-ring (bicyclic) bond motifs is 2. The molecule has 1 N–H and O–H groups in total. The lowest BCUT2D eigenvalue weighted by Crippen LogP contribution is -2.11. The summed E-state index contributed by atoms with van der Waals surface area (Å²) < 4.78 is 8.12. The normalized spacial score (nSPS) is 12.0. The fraction of sp³-hybridized carbons (Fsp3) is 0.226. The predicted molar refractivity (Wildman–Crippen MR) is 247 cm³/mol. The molecule has 0 spiro atoms. The third-order valence-electron chi connectivity index (χ3n) is 11.6. The Kier molecular flexibility index (Phi) is 9.89. The van der Waals surface area contributed by atoms with E-state index in [2.05, 4.69) is 143 Å². The van der Waals surface area contributed by atoms with Crippen molar-refractivity contribution in [3.05, 3.63) is 150 Å². The van der Waals surface area contributed by atoms with Crippen molar-refractivity contribution >= 4 is 22.0 Å². The summed E-state index contributed by atoms with van der Waals surface area (Å²) in [6.45, 7) is 19.4. The van der Waals surface area contributed by atoms with Crippen LogP contribution in [0, 0.1) is 13.8 Å². The molecule has 0 saturated carbocycles. The molecule has 0 unspecified atom stereocenters. The average Bonchev–Trinajstić information content (AvgIpc) is 3.88. The molecule has 9 rings (SSSR count). The number of nitrogens with zero attached hydrogens (tertiary/aromatic N) is 6. The summed E-state index contributed by atoms with van der Waals surface area (Å²) in [6.07, 6.45) is 3.50. The van der Waals surface area contributed by atoms with Crippen LogP contribution in [0.25, 0.3) is 84.0 Å². The molecule has 4 heterocycles. The lowest BCUT2D eigenvalue weighted by atomic mass is 9.83. The number of hydrogen-bond acceptors (Lipinski definition) is 7. The lowest BCUT2D eigenvalue weighted by molar-refractivity contribution is 0.466. The fourth-order valence-corrected chi connectivity index (χ4v) is 8.41. The van der Waals surface area contributed by atoms with E-state index in [1.807, 2.05) is 44.3 Å². The molecule has 0 fully saturated rings. The number of aromatic hydroxyl groups is 1. The monoisotopic (exact) mass is 802 g/mol. The summed E-state index contributed by atoms with van der Waals surface area (Å²) >= 11 is 0. The van der Waals surface area contributed by atoms with Crippen molar-refractivity contribution in [2.24, 2.45) is 0 Å². The first-order valence-corrected chi connectivity index (χ1v) is 21.0. The summed E-state index contributed by atoms with van der Waals surface area (Å²) in [7, 11) is 0. The fourth-order valence-electron chi connectivity index (χ4n) is 8.41. The Balaban J connectivity index is 1.42. The van der Waals surface area contributed by atoms with Gasteiger partial charge in [-0.05, 0) is 113 Å². The number of para-hydroxylation sites is 1. The predicted octanol–water partition coefficient (Wildman–Crippen LogP) is 13.6. The smallest absolute Gasteiger partial charge is 0.176 e. The van der Waals surface area contributed by atoms with Gasteiger partial charge in [-0.2, -0.15) is 0 Å². The molecule has 0 bridgehead atoms. The Morgan fingerprint density at radius 1 is 0.623 bits per heavy atom. The molecule has 8 nitrogen and oxygen atoms in total. The molecule has 61 heavy (non-hydrogen) atoms. The molecule has 8 heteroatoms. The highest BCUT2D eigenvalue weighted by molar-refractivity contribution is 6.01. The zero-order valence-electron chi connectivity index (χ0n) is 36.2. The van der Waals surface area contributed by atoms with Crippen LogP contribution in [0.4, 0.5) is 0 Å². The summed E-state index contributed by atoms with van der Waals surface area (Å²) in [6, 6.07) is 38.0. The molecule has 9 aromatic rings. The maximum absolute atomic E-state index is 12.0. The first kappa shape index (κ1) is 39.5. The number of hydrogen-bond donors (Lipinski definition) is 1. The van der Waals surface area contributed by atoms with Crippen molar-refractivity contribution in [3.8, 4) is 67.7 Å². The van der Waals surface area contributed by atoms with Gasteiger partial charge in [0.15, 0.2) is 17.2 Å². The number of aromatic nitrogens is 6. The van der Waals surface area contributed by atoms with Gasteiger partial charge in [-0.25, -0.2) is 19.9 Å². The summed E-state index contributed by atoms with van der Waals surface area (Å²) in [5.74, 6) is 2.87. The topological polar surface area (TPSA) is 103 Å². The molecule has 0 saturated heterocycles. The molecular weight excluding hydrogens is 753 g/mol. The van der Waals surface area contributed by atoms with E-state index in [9.17, 15) is 5.11 Å². The van der Waals surface area contributed by atoms with Crippen LogP contribution in [0.2, 0.25) is 0 Å². The van der Waals surface area contributed by atoms with Crippen LogP contribution in [0.15, 0.2) is 126 Å². The van der Waals surface area contributed by atoms with E-state index in [0.29, 0.717) is 34.4 Å². The van der Waals surface area contributed by atoms with Crippen molar-refractivity contribution in [1.82, 2.24) is 29.5 Å². The van der Waals surface area contributed by atoms with E-state index in [1.165, 1.54) is 11.1 Å². The van der Waals surface area contributed by atoms with Crippen molar-refractivity contribution in [3.63, 3.8) is 0 Å². The zero-order valence-corrected chi connectivity index (χ0v) is 36.2. The van der Waals surface area contributed by atoms with E-state index in [-0.39, 0.29) is 23.0 Å². The SMILES string of the molecule is Cc1nc(C)nc(-c2cc(-c3cc(-c4cc(-c5ccccc5)ccn4)cc(C(C)(C)C)c3)c3nc(-c4ccc5ccoc5c4O)n(-c4c(C(C)C)cccc4C(C)C)c3c2)n1. The van der Waals surface area contributed by atoms with Gasteiger partial charge in [-0.3, -0.25) is 9.55 Å². The molecule has 0 aliphatic carbocycles. The first-order chi connectivity index (χ1) is 29.2. The molecular formula is C53H50N6O2. The molecule has 5 aromatic carbocycles. The number of imidazole rings is 1. The number of phenols is 1. The Morgan fingerprint density at radius 3 is 2.02 bits per heavy atom. The number of aryl methyl sites for hydroxylation is 2. The maximum atomic E-state index is 12.0. The van der Waals surface area contributed by atoms with Gasteiger partial charge in [-0.15, -0.1) is 0 Å². The number of rotatable bonds is 8. The summed E-state index contributed by atoms with van der Waals surface area (Å²) in [5, 5.41) is 12.9. The summed E-state index contributed by atoms with van der Waals surface area (Å²) in [4.78, 5) is 24.9. The minimum Gasteiger partial charge on any atom is -0.504 e. The van der Waals surface area contributed by atoms with Crippen LogP contribution in [-0.2, 0) is 5.41 Å². The van der Waals surface area contributed by atoms with Gasteiger partial charge in [-0.1, -0.05) is 109 Å². The number of furan rings is 1. The quantitative estimate of drug-likeness (QED) is 0.163. The molecule has 0 atom stereocenters. The first-order valence-electron chi connectivity index (χ1n) is 21.0. The lowest BCUT2D eigenvalue weighted by Gasteiger charge is -2.23. The maximum Gasteiger partial charge on any atom is 0.176 e. The molecule has 0 radical (unpaired) electrons. The van der Waals surface area contributed by atoms with Crippen LogP contribution in [0.5, 0.6) is 5.75 Å². The second-order valence-electron chi connectivity index (χ2n) is 17.7. The van der Waals surface area contributed by atoms with Gasteiger partial charge in [0.05, 0.1) is 34.2 Å². The Bertz CT molecular complexity index is 3070. The number of benzene rings is 5. The number of pyridine rings is 1. The highest BCUT2D eigenvalue weighted by Gasteiger charge is 2.28. The van der Waals surface area contributed by atoms with Crippen LogP contribution in [0.3, 0.4) is 0 Å². The van der Waals surface area contributed by atoms with Crippen molar-refractivity contribution in [2.75, 3.05) is 0 Å². The van der Waals surface area contributed by atoms with Crippen molar-refractivity contribution in [1.29, 1.82) is 0 Å². The largest absolute Gasteiger partial charge is 0.504 e. The van der Waals surface area contributed by atoms with Gasteiger partial charge < -0.3 is 9.52 Å². The molecule has 0 aliphatic rings. The van der Waals surface area contributed by atoms with E-state index in [1.54, 1.807) is 6.26 Å². The molecule has 0 amide bonds. The van der Waals surface area contributed by atoms with E-state index < -0.39 is 0 Å². The minimum atomic E-state index is -0.196. The third-order valence-corrected chi connectivity index (χ3v) is 11.6. The van der Waals surface area contributed by atoms with Gasteiger partial charge in [0.2, 0.25) is 0 Å². The highest BCUT2D eigenvalue weighted by Crippen LogP contribution is 2.45. The minimum absolute atomic E-state index is 0.0408. The Labute approximate surface area is 357 Å². The second kappa shape index (κ2) is 15.3. The van der Waals surface area contributed by atoms with Crippen LogP contribution in [-0.4, -0.2) is 34.6 Å². The number of phenolic OH excluding ortho intramolecular Hbond substituents is 1. The zero-order chi connectivity index (χ0) is 42.7. The Hall–Kier alpha value is -6.93. The van der Waals surface area contributed by atoms with E-state index in [4.69, 9.17) is 24.4 Å². The van der Waals surface area contributed by atoms with Crippen LogP contribution < -0.4 is 0 Å².